The van der Waals surface area contributed by atoms with Crippen LogP contribution in [-0.2, 0) is 60.6 Å². The number of nitro benzene ring substituents is 1. The van der Waals surface area contributed by atoms with Gasteiger partial charge < -0.3 is 9.94 Å². The summed E-state index contributed by atoms with van der Waals surface area (Å²) in [5.41, 5.74) is 0.504. The van der Waals surface area contributed by atoms with Gasteiger partial charge >= 0.3 is 0 Å². The van der Waals surface area contributed by atoms with E-state index in [0.29, 0.717) is 42.7 Å². The smallest absolute Gasteiger partial charge is 0.281 e. The van der Waals surface area contributed by atoms with E-state index < -0.39 is 98.0 Å². The van der Waals surface area contributed by atoms with Gasteiger partial charge in [-0.05, 0) is 67.8 Å². The average Bonchev–Trinajstić information content (AvgIpc) is 3.91. The number of aromatic nitrogens is 2. The molecule has 69 heavy (non-hydrogen) atoms. The van der Waals surface area contributed by atoms with Gasteiger partial charge in [0.25, 0.3) is 5.69 Å². The molecule has 2 aliphatic carbocycles. The number of aromatic hydroxyl groups is 1. The van der Waals surface area contributed by atoms with Crippen molar-refractivity contribution in [2.75, 3.05) is 25.4 Å². The lowest BCUT2D eigenvalue weighted by Gasteiger charge is -2.18. The number of rotatable bonds is 11. The summed E-state index contributed by atoms with van der Waals surface area (Å²) in [4.78, 5) is 99.7. The number of carbonyl (C=O) groups excluding carboxylic acids is 7. The van der Waals surface area contributed by atoms with Gasteiger partial charge in [0.1, 0.15) is 24.0 Å². The zero-order valence-electron chi connectivity index (χ0n) is 37.4. The second-order valence-electron chi connectivity index (χ2n) is 16.1. The maximum Gasteiger partial charge on any atom is 0.281 e. The Morgan fingerprint density at radius 3 is 1.62 bits per heavy atom. The number of hydrogen-bond acceptors (Lipinski definition) is 19. The number of Topliss-reactive ketones (excluding diaryl/α,β-unsaturated/α-hetero) is 6. The molecule has 1 aliphatic heterocycles. The Labute approximate surface area is 399 Å². The van der Waals surface area contributed by atoms with Crippen molar-refractivity contribution >= 4 is 93.0 Å². The molecule has 1 N–H and O–H groups in total. The van der Waals surface area contributed by atoms with Gasteiger partial charge in [0.15, 0.2) is 70.0 Å². The fourth-order valence-corrected chi connectivity index (χ4v) is 10.1. The van der Waals surface area contributed by atoms with Crippen LogP contribution < -0.4 is 0 Å². The molecule has 7 rings (SSSR count). The topological polar surface area (TPSA) is 325 Å². The van der Waals surface area contributed by atoms with Gasteiger partial charge in [-0.2, -0.15) is 5.10 Å². The van der Waals surface area contributed by atoms with E-state index in [0.717, 1.165) is 43.0 Å². The third-order valence-electron chi connectivity index (χ3n) is 11.1. The third kappa shape index (κ3) is 12.0. The summed E-state index contributed by atoms with van der Waals surface area (Å²) in [6.07, 6.45) is 6.08. The van der Waals surface area contributed by atoms with E-state index in [1.807, 2.05) is 0 Å². The molecule has 0 saturated heterocycles. The van der Waals surface area contributed by atoms with Crippen molar-refractivity contribution in [2.24, 2.45) is 24.0 Å². The number of nitro groups is 1. The molecule has 3 aromatic carbocycles. The maximum atomic E-state index is 12.8. The van der Waals surface area contributed by atoms with Gasteiger partial charge in [0.05, 0.1) is 42.1 Å². The van der Waals surface area contributed by atoms with Crippen LogP contribution in [-0.4, -0.2) is 117 Å². The molecule has 4 aromatic rings. The second-order valence-corrected chi connectivity index (χ2v) is 22.6. The van der Waals surface area contributed by atoms with E-state index in [1.165, 1.54) is 42.2 Å². The molecule has 0 radical (unpaired) electrons. The molecule has 0 atom stereocenters. The molecular weight excluding hydrogens is 988 g/mol. The number of sulfone groups is 3. The minimum absolute atomic E-state index is 0.00216. The van der Waals surface area contributed by atoms with E-state index in [9.17, 15) is 74.0 Å². The van der Waals surface area contributed by atoms with Crippen LogP contribution in [0.25, 0.3) is 0 Å². The highest BCUT2D eigenvalue weighted by molar-refractivity contribution is 7.91. The monoisotopic (exact) mass is 1030 g/mol. The number of hydrogen-bond donors (Lipinski definition) is 1. The van der Waals surface area contributed by atoms with Gasteiger partial charge in [0.2, 0.25) is 5.88 Å². The summed E-state index contributed by atoms with van der Waals surface area (Å²) in [5.74, 6) is -7.07. The second kappa shape index (κ2) is 20.9. The van der Waals surface area contributed by atoms with Crippen LogP contribution in [0.15, 0.2) is 74.6 Å². The quantitative estimate of drug-likeness (QED) is 0.0953. The summed E-state index contributed by atoms with van der Waals surface area (Å²) >= 11 is 5.94. The normalized spacial score (nSPS) is 15.8. The Bertz CT molecular complexity index is 3220. The lowest BCUT2D eigenvalue weighted by molar-refractivity contribution is -0.385. The molecule has 366 valence electrons. The van der Waals surface area contributed by atoms with Crippen molar-refractivity contribution in [2.45, 2.75) is 66.6 Å². The van der Waals surface area contributed by atoms with E-state index >= 15 is 0 Å². The first-order chi connectivity index (χ1) is 32.1. The van der Waals surface area contributed by atoms with Crippen LogP contribution in [0.5, 0.6) is 5.88 Å². The molecule has 3 aliphatic rings. The highest BCUT2D eigenvalue weighted by atomic mass is 35.5. The molecule has 21 nitrogen and oxygen atoms in total. The lowest BCUT2D eigenvalue weighted by atomic mass is 9.81. The first kappa shape index (κ1) is 53.3. The van der Waals surface area contributed by atoms with Crippen LogP contribution in [0.2, 0.25) is 5.02 Å². The molecular formula is C44H43ClN4O17S3. The summed E-state index contributed by atoms with van der Waals surface area (Å²) in [6, 6.07) is 9.27. The molecule has 0 spiro atoms. The van der Waals surface area contributed by atoms with Crippen molar-refractivity contribution in [3.05, 3.63) is 103 Å². The number of halogens is 1. The fourth-order valence-electron chi connectivity index (χ4n) is 7.55. The Morgan fingerprint density at radius 2 is 1.20 bits per heavy atom. The van der Waals surface area contributed by atoms with E-state index in [4.69, 9.17) is 16.4 Å². The van der Waals surface area contributed by atoms with Crippen LogP contribution in [0.1, 0.15) is 92.7 Å². The van der Waals surface area contributed by atoms with Crippen molar-refractivity contribution in [3.63, 3.8) is 0 Å². The number of nitrogens with zero attached hydrogens (tertiary/aromatic N) is 4. The molecule has 2 heterocycles. The van der Waals surface area contributed by atoms with Gasteiger partial charge in [-0.3, -0.25) is 43.7 Å². The number of benzene rings is 3. The van der Waals surface area contributed by atoms with Gasteiger partial charge in [-0.1, -0.05) is 16.8 Å². The van der Waals surface area contributed by atoms with Crippen LogP contribution in [0, 0.1) is 28.9 Å². The lowest BCUT2D eigenvalue weighted by Crippen LogP contribution is -2.35. The first-order valence-electron chi connectivity index (χ1n) is 20.5. The van der Waals surface area contributed by atoms with Crippen molar-refractivity contribution in [1.29, 1.82) is 0 Å². The van der Waals surface area contributed by atoms with E-state index in [1.54, 1.807) is 6.92 Å². The number of ketones is 7. The van der Waals surface area contributed by atoms with Crippen molar-refractivity contribution in [3.8, 4) is 5.88 Å². The molecule has 0 unspecified atom stereocenters. The molecule has 2 fully saturated rings. The standard InChI is InChI=1S/C16H17N3O5S.C14H13ClO5S.C14H13NO7S/c1-9-10(15(20)11-8-17-19(2)16(11)21)4-5-13(25(3,22)23)14(9)12-6-7-24-18-12;1-21(19,20)8-5-6-9(10(15)7-8)14(18)13-11(16)3-2-4-12(13)17;1-23(21,22)8-5-6-9(10(7-8)15(19)20)14(18)13-11(16)3-2-4-12(13)17/h4-5,8,21H,6-7H2,1-3H3;5-7,13H,2-4H2,1H3;5-7,13H,2-4H2,1H3. The molecule has 1 aromatic heterocycles. The highest BCUT2D eigenvalue weighted by Gasteiger charge is 2.40. The number of oxime groups is 1. The Kier molecular flexibility index (Phi) is 16.2. The summed E-state index contributed by atoms with van der Waals surface area (Å²) < 4.78 is 71.3. The predicted octanol–water partition coefficient (Wildman–Crippen LogP) is 4.18. The van der Waals surface area contributed by atoms with E-state index in [2.05, 4.69) is 10.3 Å². The van der Waals surface area contributed by atoms with Crippen molar-refractivity contribution in [1.82, 2.24) is 9.78 Å². The zero-order valence-corrected chi connectivity index (χ0v) is 40.6. The maximum absolute atomic E-state index is 12.8. The fraction of sp³-hybridized carbons (Fsp3) is 0.341. The summed E-state index contributed by atoms with van der Waals surface area (Å²) in [5, 5.41) is 28.8. The Balaban J connectivity index is 0.000000194. The molecule has 0 bridgehead atoms. The molecule has 2 saturated carbocycles. The third-order valence-corrected chi connectivity index (χ3v) is 14.8. The minimum Gasteiger partial charge on any atom is -0.493 e. The molecule has 0 amide bonds. The average molecular weight is 1030 g/mol. The van der Waals surface area contributed by atoms with Crippen LogP contribution in [0.4, 0.5) is 5.69 Å². The zero-order chi connectivity index (χ0) is 51.5. The van der Waals surface area contributed by atoms with Gasteiger partial charge in [0, 0.05) is 80.7 Å². The summed E-state index contributed by atoms with van der Waals surface area (Å²) in [6.45, 7) is 2.02. The largest absolute Gasteiger partial charge is 0.493 e. The van der Waals surface area contributed by atoms with Crippen molar-refractivity contribution < 1.29 is 73.7 Å². The van der Waals surface area contributed by atoms with Gasteiger partial charge in [-0.15, -0.1) is 0 Å². The highest BCUT2D eigenvalue weighted by Crippen LogP contribution is 2.32. The summed E-state index contributed by atoms with van der Waals surface area (Å²) in [7, 11) is -9.14. The molecule has 25 heteroatoms. The predicted molar refractivity (Wildman–Crippen MR) is 244 cm³/mol. The van der Waals surface area contributed by atoms with Crippen LogP contribution in [0.3, 0.4) is 0 Å². The SMILES string of the molecule is CS(=O)(=O)c1ccc(C(=O)C2C(=O)CCCC2=O)c(Cl)c1.CS(=O)(=O)c1ccc(C(=O)C2C(=O)CCCC2=O)c([N+](=O)[O-])c1.Cc1c(C(=O)c2cnn(C)c2O)ccc(S(C)(=O)=O)c1C1=NOCC1. The first-order valence-corrected chi connectivity index (χ1v) is 26.6. The Morgan fingerprint density at radius 1 is 0.725 bits per heavy atom. The Hall–Kier alpha value is -6.63. The number of aryl methyl sites for hydroxylation is 1. The van der Waals surface area contributed by atoms with Gasteiger partial charge in [-0.25, -0.2) is 29.9 Å². The number of carbonyl (C=O) groups is 7. The van der Waals surface area contributed by atoms with Crippen LogP contribution >= 0.6 is 11.6 Å². The minimum atomic E-state index is -3.70. The van der Waals surface area contributed by atoms with E-state index in [-0.39, 0.29) is 68.0 Å².